The molecule has 0 bridgehead atoms. The van der Waals surface area contributed by atoms with E-state index in [0.717, 1.165) is 0 Å². The van der Waals surface area contributed by atoms with Crippen molar-refractivity contribution in [3.8, 4) is 12.3 Å². The fourth-order valence-corrected chi connectivity index (χ4v) is 7.46. The summed E-state index contributed by atoms with van der Waals surface area (Å²) in [7, 11) is -4.42. The zero-order valence-corrected chi connectivity index (χ0v) is 27.6. The van der Waals surface area contributed by atoms with Gasteiger partial charge in [-0.3, -0.25) is 4.57 Å². The average Bonchev–Trinajstić information content (AvgIpc) is 3.38. The number of rotatable bonds is 19. The van der Waals surface area contributed by atoms with Crippen LogP contribution in [0.15, 0.2) is 6.20 Å². The van der Waals surface area contributed by atoms with Crippen LogP contribution < -0.4 is 4.90 Å². The van der Waals surface area contributed by atoms with Gasteiger partial charge < -0.3 is 53.3 Å². The smallest absolute Gasteiger partial charge is 0.350 e. The number of quaternary nitrogens is 1. The van der Waals surface area contributed by atoms with Crippen LogP contribution in [-0.2, 0) is 37.8 Å². The number of halogens is 1. The number of hydrogen-bond donors (Lipinski definition) is 4. The third-order valence-electron chi connectivity index (χ3n) is 9.12. The normalized spacial score (nSPS) is 30.4. The van der Waals surface area contributed by atoms with E-state index < -0.39 is 38.5 Å². The van der Waals surface area contributed by atoms with Gasteiger partial charge in [0.15, 0.2) is 24.0 Å². The first-order valence-electron chi connectivity index (χ1n) is 15.5. The summed E-state index contributed by atoms with van der Waals surface area (Å²) in [6, 6.07) is 0.397. The zero-order chi connectivity index (χ0) is 34.1. The summed E-state index contributed by atoms with van der Waals surface area (Å²) in [5.41, 5.74) is 0.272. The molecule has 0 spiro atoms. The number of amides is 1. The second-order valence-corrected chi connectivity index (χ2v) is 13.9. The van der Waals surface area contributed by atoms with E-state index in [1.54, 1.807) is 0 Å². The Morgan fingerprint density at radius 3 is 2.38 bits per heavy atom. The number of piperazine rings is 2. The topological polar surface area (TPSA) is 217 Å². The highest BCUT2D eigenvalue weighted by atomic mass is 35.5. The maximum atomic E-state index is 13.2. The summed E-state index contributed by atoms with van der Waals surface area (Å²) < 4.78 is 45.2. The van der Waals surface area contributed by atoms with Crippen LogP contribution in [0.2, 0.25) is 5.28 Å². The predicted octanol–water partition coefficient (Wildman–Crippen LogP) is -1.36. The maximum absolute atomic E-state index is 13.2. The second kappa shape index (κ2) is 14.9. The van der Waals surface area contributed by atoms with Crippen LogP contribution in [0.4, 0.5) is 5.82 Å². The third-order valence-corrected chi connectivity index (χ3v) is 9.81. The molecule has 4 saturated heterocycles. The lowest BCUT2D eigenvalue weighted by molar-refractivity contribution is -0.790. The number of anilines is 1. The van der Waals surface area contributed by atoms with Gasteiger partial charge >= 0.3 is 13.5 Å². The Labute approximate surface area is 280 Å². The quantitative estimate of drug-likeness (QED) is 0.0329. The van der Waals surface area contributed by atoms with Gasteiger partial charge in [-0.15, -0.1) is 6.42 Å². The molecular formula is C28H39ClN6O12P+. The van der Waals surface area contributed by atoms with Gasteiger partial charge in [0, 0.05) is 0 Å². The maximum Gasteiger partial charge on any atom is 0.350 e. The largest absolute Gasteiger partial charge is 0.387 e. The Kier molecular flexibility index (Phi) is 11.0. The van der Waals surface area contributed by atoms with E-state index >= 15 is 0 Å². The summed E-state index contributed by atoms with van der Waals surface area (Å²) in [5, 5.41) is 26.1. The minimum absolute atomic E-state index is 0.0510. The van der Waals surface area contributed by atoms with E-state index in [4.69, 9.17) is 56.2 Å². The predicted molar refractivity (Wildman–Crippen MR) is 165 cm³/mol. The van der Waals surface area contributed by atoms with E-state index in [-0.39, 0.29) is 48.2 Å². The standard InChI is InChI=1S/C28H38ClN6O12P/c1-2-4-42-6-8-44-10-11-45-9-7-43-5-3-21(36)35-14-18-22(35)19(35)13-33(18)25-17-12-30-34(26(17)32-28(29)31-25)27-24(38)23(37)20(47-27)15-46-16-48(39,40)41/h1,12,18-20,22-24,27,37-38H,3-11,13-16H2,(H-,39,40,41)/p+1/t18-,19-,20-,22?,23-,24-,27-,35?/m1/s1. The fourth-order valence-electron chi connectivity index (χ4n) is 6.96. The molecule has 2 aromatic heterocycles. The number of carbonyl (C=O) groups is 1. The fraction of sp³-hybridized carbons (Fsp3) is 0.714. The highest BCUT2D eigenvalue weighted by Crippen LogP contribution is 2.59. The molecule has 0 saturated carbocycles. The van der Waals surface area contributed by atoms with Crippen LogP contribution in [0.3, 0.4) is 0 Å². The van der Waals surface area contributed by atoms with E-state index in [9.17, 15) is 19.6 Å². The van der Waals surface area contributed by atoms with Crippen LogP contribution in [-0.4, -0.2) is 165 Å². The van der Waals surface area contributed by atoms with Crippen LogP contribution in [0, 0.1) is 12.3 Å². The number of terminal acetylenes is 1. The lowest BCUT2D eigenvalue weighted by Gasteiger charge is -2.41. The Morgan fingerprint density at radius 2 is 1.75 bits per heavy atom. The van der Waals surface area contributed by atoms with Crippen LogP contribution in [0.5, 0.6) is 0 Å². The molecule has 264 valence electrons. The number of hydrogen-bond acceptors (Lipinski definition) is 14. The van der Waals surface area contributed by atoms with Gasteiger partial charge in [0.05, 0.1) is 77.4 Å². The first-order valence-corrected chi connectivity index (χ1v) is 17.7. The molecule has 4 fully saturated rings. The molecule has 4 aliphatic rings. The molecule has 6 heterocycles. The molecule has 4 aliphatic heterocycles. The van der Waals surface area contributed by atoms with Gasteiger partial charge in [-0.1, -0.05) is 5.92 Å². The van der Waals surface area contributed by atoms with Crippen molar-refractivity contribution >= 4 is 42.0 Å². The molecule has 4 N–H and O–H groups in total. The number of carbonyl (C=O) groups excluding carboxylic acids is 1. The first-order chi connectivity index (χ1) is 23.1. The number of aromatic nitrogens is 4. The monoisotopic (exact) mass is 717 g/mol. The van der Waals surface area contributed by atoms with Crippen molar-refractivity contribution in [1.29, 1.82) is 0 Å². The molecule has 2 aromatic rings. The number of fused-ring (bicyclic) bond motifs is 2. The molecule has 0 radical (unpaired) electrons. The summed E-state index contributed by atoms with van der Waals surface area (Å²) in [4.78, 5) is 42.1. The lowest BCUT2D eigenvalue weighted by Crippen LogP contribution is -2.64. The van der Waals surface area contributed by atoms with E-state index in [0.29, 0.717) is 81.4 Å². The van der Waals surface area contributed by atoms with Gasteiger partial charge in [0.25, 0.3) is 0 Å². The van der Waals surface area contributed by atoms with Crippen molar-refractivity contribution in [2.45, 2.75) is 49.1 Å². The molecule has 1 amide bonds. The summed E-state index contributed by atoms with van der Waals surface area (Å²) in [5.74, 6) is 3.10. The van der Waals surface area contributed by atoms with E-state index in [2.05, 4.69) is 25.9 Å². The van der Waals surface area contributed by atoms with Crippen LogP contribution in [0.1, 0.15) is 12.6 Å². The molecule has 20 heteroatoms. The van der Waals surface area contributed by atoms with Crippen LogP contribution in [0.25, 0.3) is 11.0 Å². The van der Waals surface area contributed by atoms with E-state index in [1.165, 1.54) is 10.9 Å². The molecule has 0 aromatic carbocycles. The lowest BCUT2D eigenvalue weighted by atomic mass is 10.1. The number of nitrogens with zero attached hydrogens (tertiary/aromatic N) is 6. The molecule has 8 atom stereocenters. The van der Waals surface area contributed by atoms with Crippen molar-refractivity contribution < 1.29 is 62.3 Å². The molecule has 48 heavy (non-hydrogen) atoms. The Morgan fingerprint density at radius 1 is 1.06 bits per heavy atom. The van der Waals surface area contributed by atoms with Crippen molar-refractivity contribution in [2.75, 3.05) is 83.8 Å². The number of aliphatic hydroxyl groups is 2. The summed E-state index contributed by atoms with van der Waals surface area (Å²) in [6.45, 7) is 4.02. The van der Waals surface area contributed by atoms with Crippen LogP contribution >= 0.6 is 19.2 Å². The Bertz CT molecular complexity index is 1550. The molecule has 0 aliphatic carbocycles. The second-order valence-electron chi connectivity index (χ2n) is 12.0. The van der Waals surface area contributed by atoms with E-state index in [1.807, 2.05) is 0 Å². The minimum Gasteiger partial charge on any atom is -0.387 e. The SMILES string of the molecule is C#CCOCCOCCOCCOCCC(=O)[N+]12C[C@@H]3C1[C@H]2CN3c1nc(Cl)nc2c1cnn2[C@@H]1O[C@H](COCP(=O)(O)O)[C@@H](O)[C@H]1O. The highest BCUT2D eigenvalue weighted by molar-refractivity contribution is 7.51. The summed E-state index contributed by atoms with van der Waals surface area (Å²) >= 11 is 6.34. The molecule has 6 rings (SSSR count). The van der Waals surface area contributed by atoms with Gasteiger partial charge in [-0.2, -0.15) is 15.1 Å². The first kappa shape index (κ1) is 35.5. The van der Waals surface area contributed by atoms with Gasteiger partial charge in [0.1, 0.15) is 49.7 Å². The Balaban J connectivity index is 0.967. The average molecular weight is 718 g/mol. The number of aliphatic hydroxyl groups excluding tert-OH is 2. The summed E-state index contributed by atoms with van der Waals surface area (Å²) in [6.07, 6.45) is 1.01. The van der Waals surface area contributed by atoms with Crippen molar-refractivity contribution in [2.24, 2.45) is 0 Å². The van der Waals surface area contributed by atoms with Crippen molar-refractivity contribution in [1.82, 2.24) is 19.7 Å². The van der Waals surface area contributed by atoms with Gasteiger partial charge in [-0.25, -0.2) is 14.0 Å². The third kappa shape index (κ3) is 7.12. The van der Waals surface area contributed by atoms with Crippen molar-refractivity contribution in [3.63, 3.8) is 0 Å². The van der Waals surface area contributed by atoms with Crippen molar-refractivity contribution in [3.05, 3.63) is 11.5 Å². The molecular weight excluding hydrogens is 679 g/mol. The molecule has 2 unspecified atom stereocenters. The Hall–Kier alpha value is -2.34. The highest BCUT2D eigenvalue weighted by Gasteiger charge is 2.87. The van der Waals surface area contributed by atoms with Gasteiger partial charge in [-0.05, 0) is 11.6 Å². The van der Waals surface area contributed by atoms with Gasteiger partial charge in [0.2, 0.25) is 5.28 Å². The zero-order valence-electron chi connectivity index (χ0n) is 26.0. The molecule has 18 nitrogen and oxygen atoms in total. The minimum atomic E-state index is -4.42. The number of ether oxygens (including phenoxy) is 6.